The number of rotatable bonds is 1. The number of nitrogens with zero attached hydrogens (tertiary/aromatic N) is 2. The Labute approximate surface area is 96.5 Å². The topological polar surface area (TPSA) is 54.6 Å². The smallest absolute Gasteiger partial charge is 0.347 e. The van der Waals surface area contributed by atoms with Crippen LogP contribution >= 0.6 is 11.3 Å². The van der Waals surface area contributed by atoms with Gasteiger partial charge in [-0.1, -0.05) is 11.3 Å². The molecule has 0 saturated carbocycles. The highest BCUT2D eigenvalue weighted by molar-refractivity contribution is 7.19. The number of carboxylic acid groups (broad SMARTS) is 1. The Morgan fingerprint density at radius 2 is 2.19 bits per heavy atom. The van der Waals surface area contributed by atoms with E-state index in [9.17, 15) is 4.79 Å². The summed E-state index contributed by atoms with van der Waals surface area (Å²) in [6.45, 7) is 1.86. The van der Waals surface area contributed by atoms with Crippen LogP contribution in [-0.4, -0.2) is 20.5 Å². The molecule has 0 unspecified atom stereocenters. The van der Waals surface area contributed by atoms with Crippen LogP contribution in [0.1, 0.15) is 39.6 Å². The third-order valence-corrected chi connectivity index (χ3v) is 4.28. The van der Waals surface area contributed by atoms with Crippen LogP contribution in [0.4, 0.5) is 0 Å². The van der Waals surface area contributed by atoms with Crippen LogP contribution < -0.4 is 0 Å². The molecule has 1 N–H and O–H groups in total. The first-order chi connectivity index (χ1) is 7.68. The summed E-state index contributed by atoms with van der Waals surface area (Å²) >= 11 is 1.28. The lowest BCUT2D eigenvalue weighted by Gasteiger charge is -2.10. The van der Waals surface area contributed by atoms with E-state index in [4.69, 9.17) is 5.11 Å². The number of fused-ring (bicyclic) bond motifs is 3. The highest BCUT2D eigenvalue weighted by atomic mass is 32.1. The van der Waals surface area contributed by atoms with Crippen molar-refractivity contribution in [1.82, 2.24) is 9.38 Å². The predicted octanol–water partition coefficient (Wildman–Crippen LogP) is 2.28. The van der Waals surface area contributed by atoms with Gasteiger partial charge in [0.1, 0.15) is 4.88 Å². The van der Waals surface area contributed by atoms with Crippen LogP contribution in [0.2, 0.25) is 0 Å². The number of aryl methyl sites for hydroxylation is 3. The van der Waals surface area contributed by atoms with E-state index in [0.29, 0.717) is 4.88 Å². The highest BCUT2D eigenvalue weighted by Crippen LogP contribution is 2.29. The molecular weight excluding hydrogens is 224 g/mol. The normalized spacial score (nSPS) is 15.3. The summed E-state index contributed by atoms with van der Waals surface area (Å²) in [7, 11) is 0. The fourth-order valence-corrected chi connectivity index (χ4v) is 3.40. The van der Waals surface area contributed by atoms with Gasteiger partial charge < -0.3 is 5.11 Å². The van der Waals surface area contributed by atoms with Crippen LogP contribution in [0.3, 0.4) is 0 Å². The molecule has 1 aliphatic carbocycles. The number of carboxylic acids is 1. The van der Waals surface area contributed by atoms with Gasteiger partial charge in [0.05, 0.1) is 5.69 Å². The molecule has 84 valence electrons. The molecule has 4 nitrogen and oxygen atoms in total. The molecule has 1 aliphatic rings. The van der Waals surface area contributed by atoms with E-state index in [1.165, 1.54) is 29.9 Å². The van der Waals surface area contributed by atoms with Gasteiger partial charge in [0.15, 0.2) is 4.96 Å². The van der Waals surface area contributed by atoms with Crippen LogP contribution in [0, 0.1) is 6.92 Å². The summed E-state index contributed by atoms with van der Waals surface area (Å²) in [5.41, 5.74) is 3.21. The standard InChI is InChI=1S/C11H12N2O2S/c1-6-9(10(14)15)16-11-12-7-4-2-3-5-8(7)13(6)11/h2-5H2,1H3,(H,14,15). The van der Waals surface area contributed by atoms with Gasteiger partial charge in [-0.2, -0.15) is 0 Å². The SMILES string of the molecule is Cc1c(C(=O)O)sc2nc3c(n12)CCCC3. The third-order valence-electron chi connectivity index (χ3n) is 3.15. The Bertz CT molecular complexity index is 582. The largest absolute Gasteiger partial charge is 0.477 e. The Hall–Kier alpha value is -1.36. The lowest BCUT2D eigenvalue weighted by atomic mass is 10.0. The maximum absolute atomic E-state index is 11.0. The molecule has 0 amide bonds. The summed E-state index contributed by atoms with van der Waals surface area (Å²) in [6, 6.07) is 0. The van der Waals surface area contributed by atoms with Gasteiger partial charge in [-0.3, -0.25) is 4.40 Å². The Morgan fingerprint density at radius 3 is 2.94 bits per heavy atom. The molecule has 2 aromatic heterocycles. The minimum atomic E-state index is -0.849. The zero-order chi connectivity index (χ0) is 11.3. The molecule has 16 heavy (non-hydrogen) atoms. The van der Waals surface area contributed by atoms with Crippen molar-refractivity contribution in [3.63, 3.8) is 0 Å². The maximum Gasteiger partial charge on any atom is 0.347 e. The lowest BCUT2D eigenvalue weighted by Crippen LogP contribution is -2.06. The molecule has 0 radical (unpaired) electrons. The molecule has 0 saturated heterocycles. The molecule has 2 heterocycles. The fraction of sp³-hybridized carbons (Fsp3) is 0.455. The maximum atomic E-state index is 11.0. The molecule has 5 heteroatoms. The quantitative estimate of drug-likeness (QED) is 0.826. The van der Waals surface area contributed by atoms with Gasteiger partial charge in [0.25, 0.3) is 0 Å². The fourth-order valence-electron chi connectivity index (χ4n) is 2.40. The molecule has 0 aliphatic heterocycles. The van der Waals surface area contributed by atoms with E-state index in [0.717, 1.165) is 29.2 Å². The van der Waals surface area contributed by atoms with Gasteiger partial charge in [0.2, 0.25) is 0 Å². The van der Waals surface area contributed by atoms with E-state index in [1.807, 2.05) is 11.3 Å². The van der Waals surface area contributed by atoms with Gasteiger partial charge in [-0.15, -0.1) is 0 Å². The second-order valence-electron chi connectivity index (χ2n) is 4.15. The van der Waals surface area contributed by atoms with Crippen molar-refractivity contribution in [1.29, 1.82) is 0 Å². The number of thiazole rings is 1. The molecule has 0 aromatic carbocycles. The summed E-state index contributed by atoms with van der Waals surface area (Å²) in [4.78, 5) is 16.8. The van der Waals surface area contributed by atoms with Gasteiger partial charge in [0, 0.05) is 11.4 Å². The van der Waals surface area contributed by atoms with E-state index >= 15 is 0 Å². The summed E-state index contributed by atoms with van der Waals surface area (Å²) in [6.07, 6.45) is 4.43. The van der Waals surface area contributed by atoms with Crippen molar-refractivity contribution in [2.75, 3.05) is 0 Å². The Kier molecular flexibility index (Phi) is 2.04. The summed E-state index contributed by atoms with van der Waals surface area (Å²) in [5, 5.41) is 9.06. The first kappa shape index (κ1) is 9.84. The number of imidazole rings is 1. The molecular formula is C11H12N2O2S. The van der Waals surface area contributed by atoms with Crippen molar-refractivity contribution in [2.45, 2.75) is 32.6 Å². The second-order valence-corrected chi connectivity index (χ2v) is 5.13. The minimum absolute atomic E-state index is 0.413. The van der Waals surface area contributed by atoms with Crippen LogP contribution in [0.25, 0.3) is 4.96 Å². The zero-order valence-electron chi connectivity index (χ0n) is 8.99. The van der Waals surface area contributed by atoms with E-state index in [2.05, 4.69) is 4.98 Å². The van der Waals surface area contributed by atoms with Gasteiger partial charge >= 0.3 is 5.97 Å². The number of aromatic nitrogens is 2. The number of aromatic carboxylic acids is 1. The molecule has 0 atom stereocenters. The van der Waals surface area contributed by atoms with Crippen molar-refractivity contribution in [3.05, 3.63) is 22.0 Å². The number of carbonyl (C=O) groups is 1. The summed E-state index contributed by atoms with van der Waals surface area (Å²) in [5.74, 6) is -0.849. The zero-order valence-corrected chi connectivity index (χ0v) is 9.80. The first-order valence-corrected chi connectivity index (χ1v) is 6.23. The lowest BCUT2D eigenvalue weighted by molar-refractivity contribution is 0.0701. The van der Waals surface area contributed by atoms with Crippen LogP contribution in [0.5, 0.6) is 0 Å². The molecule has 0 spiro atoms. The molecule has 0 fully saturated rings. The van der Waals surface area contributed by atoms with Gasteiger partial charge in [-0.05, 0) is 32.6 Å². The Morgan fingerprint density at radius 1 is 1.44 bits per heavy atom. The van der Waals surface area contributed by atoms with E-state index in [-0.39, 0.29) is 0 Å². The van der Waals surface area contributed by atoms with E-state index in [1.54, 1.807) is 0 Å². The third kappa shape index (κ3) is 1.21. The predicted molar refractivity (Wildman–Crippen MR) is 61.4 cm³/mol. The van der Waals surface area contributed by atoms with E-state index < -0.39 is 5.97 Å². The second kappa shape index (κ2) is 3.31. The van der Waals surface area contributed by atoms with Crippen molar-refractivity contribution in [2.24, 2.45) is 0 Å². The van der Waals surface area contributed by atoms with Crippen molar-refractivity contribution < 1.29 is 9.90 Å². The Balaban J connectivity index is 2.30. The molecule has 3 rings (SSSR count). The monoisotopic (exact) mass is 236 g/mol. The number of hydrogen-bond donors (Lipinski definition) is 1. The minimum Gasteiger partial charge on any atom is -0.477 e. The first-order valence-electron chi connectivity index (χ1n) is 5.41. The molecule has 2 aromatic rings. The number of hydrogen-bond acceptors (Lipinski definition) is 3. The van der Waals surface area contributed by atoms with Gasteiger partial charge in [-0.25, -0.2) is 9.78 Å². The average molecular weight is 236 g/mol. The van der Waals surface area contributed by atoms with Crippen molar-refractivity contribution >= 4 is 22.3 Å². The molecule has 0 bridgehead atoms. The average Bonchev–Trinajstić information content (AvgIpc) is 2.75. The van der Waals surface area contributed by atoms with Crippen LogP contribution in [0.15, 0.2) is 0 Å². The summed E-state index contributed by atoms with van der Waals surface area (Å²) < 4.78 is 2.03. The van der Waals surface area contributed by atoms with Crippen molar-refractivity contribution in [3.8, 4) is 0 Å². The van der Waals surface area contributed by atoms with Crippen LogP contribution in [-0.2, 0) is 12.8 Å². The highest BCUT2D eigenvalue weighted by Gasteiger charge is 2.22.